The minimum atomic E-state index is -0.207. The summed E-state index contributed by atoms with van der Waals surface area (Å²) in [5.41, 5.74) is 2.18. The molecule has 132 valence electrons. The van der Waals surface area contributed by atoms with Crippen LogP contribution in [0.4, 0.5) is 5.82 Å². The smallest absolute Gasteiger partial charge is 0.232 e. The molecule has 0 radical (unpaired) electrons. The van der Waals surface area contributed by atoms with Crippen molar-refractivity contribution in [3.05, 3.63) is 76.4 Å². The van der Waals surface area contributed by atoms with Gasteiger partial charge < -0.3 is 10.1 Å². The summed E-state index contributed by atoms with van der Waals surface area (Å²) in [4.78, 5) is 12.7. The summed E-state index contributed by atoms with van der Waals surface area (Å²) in [6.45, 7) is 0.990. The number of halogens is 1. The van der Waals surface area contributed by atoms with Crippen molar-refractivity contribution in [3.8, 4) is 5.75 Å². The van der Waals surface area contributed by atoms with Crippen LogP contribution in [0.5, 0.6) is 5.75 Å². The Kier molecular flexibility index (Phi) is 4.75. The highest BCUT2D eigenvalue weighted by Crippen LogP contribution is 2.27. The van der Waals surface area contributed by atoms with Gasteiger partial charge in [-0.05, 0) is 35.7 Å². The Balaban J connectivity index is 1.44. The van der Waals surface area contributed by atoms with Gasteiger partial charge in [0.25, 0.3) is 0 Å². The van der Waals surface area contributed by atoms with Crippen LogP contribution >= 0.6 is 15.9 Å². The number of rotatable bonds is 4. The number of amides is 1. The number of carbonyl (C=O) groups is 1. The van der Waals surface area contributed by atoms with Crippen molar-refractivity contribution in [1.29, 1.82) is 0 Å². The highest BCUT2D eigenvalue weighted by molar-refractivity contribution is 9.10. The van der Waals surface area contributed by atoms with Gasteiger partial charge in [0, 0.05) is 10.5 Å². The molecule has 1 aromatic heterocycles. The molecule has 3 aromatic rings. The fourth-order valence-electron chi connectivity index (χ4n) is 3.05. The number of fused-ring (bicyclic) bond motifs is 1. The first-order valence-electron chi connectivity index (χ1n) is 8.47. The van der Waals surface area contributed by atoms with Crippen LogP contribution < -0.4 is 10.1 Å². The van der Waals surface area contributed by atoms with E-state index in [4.69, 9.17) is 4.74 Å². The first kappa shape index (κ1) is 16.8. The predicted molar refractivity (Wildman–Crippen MR) is 103 cm³/mol. The summed E-state index contributed by atoms with van der Waals surface area (Å²) < 4.78 is 8.55. The molecule has 0 saturated heterocycles. The highest BCUT2D eigenvalue weighted by atomic mass is 79.9. The van der Waals surface area contributed by atoms with Gasteiger partial charge in [-0.15, -0.1) is 0 Å². The zero-order valence-corrected chi connectivity index (χ0v) is 15.6. The normalized spacial score (nSPS) is 15.8. The second-order valence-electron chi connectivity index (χ2n) is 6.31. The summed E-state index contributed by atoms with van der Waals surface area (Å²) in [5.74, 6) is 1.31. The zero-order chi connectivity index (χ0) is 17.9. The SMILES string of the molecule is O=C(Nc1ccnn1Cc1ccc(Br)cc1)[C@@H]1COc2ccccc2C1. The van der Waals surface area contributed by atoms with E-state index in [1.807, 2.05) is 54.6 Å². The fourth-order valence-corrected chi connectivity index (χ4v) is 3.32. The van der Waals surface area contributed by atoms with E-state index in [9.17, 15) is 4.79 Å². The Morgan fingerprint density at radius 3 is 2.85 bits per heavy atom. The van der Waals surface area contributed by atoms with E-state index in [-0.39, 0.29) is 11.8 Å². The molecular formula is C20H18BrN3O2. The number of nitrogens with one attached hydrogen (secondary N) is 1. The van der Waals surface area contributed by atoms with Gasteiger partial charge in [0.1, 0.15) is 18.2 Å². The number of anilines is 1. The molecule has 2 aromatic carbocycles. The third-order valence-corrected chi connectivity index (χ3v) is 4.99. The minimum absolute atomic E-state index is 0.0444. The van der Waals surface area contributed by atoms with Crippen LogP contribution in [0.3, 0.4) is 0 Å². The van der Waals surface area contributed by atoms with Crippen molar-refractivity contribution in [3.63, 3.8) is 0 Å². The molecule has 26 heavy (non-hydrogen) atoms. The molecule has 1 aliphatic rings. The third-order valence-electron chi connectivity index (χ3n) is 4.46. The van der Waals surface area contributed by atoms with Gasteiger partial charge in [0.15, 0.2) is 0 Å². The van der Waals surface area contributed by atoms with Gasteiger partial charge in [0.2, 0.25) is 5.91 Å². The summed E-state index contributed by atoms with van der Waals surface area (Å²) >= 11 is 3.43. The topological polar surface area (TPSA) is 56.2 Å². The summed E-state index contributed by atoms with van der Waals surface area (Å²) in [6.07, 6.45) is 2.38. The number of nitrogens with zero attached hydrogens (tertiary/aromatic N) is 2. The Morgan fingerprint density at radius 1 is 1.19 bits per heavy atom. The number of ether oxygens (including phenoxy) is 1. The molecule has 0 bridgehead atoms. The van der Waals surface area contributed by atoms with E-state index in [1.165, 1.54) is 0 Å². The van der Waals surface area contributed by atoms with Crippen molar-refractivity contribution < 1.29 is 9.53 Å². The average Bonchev–Trinajstić information content (AvgIpc) is 3.10. The molecular weight excluding hydrogens is 394 g/mol. The predicted octanol–water partition coefficient (Wildman–Crippen LogP) is 3.88. The Labute approximate surface area is 160 Å². The fraction of sp³-hybridized carbons (Fsp3) is 0.200. The van der Waals surface area contributed by atoms with Gasteiger partial charge in [-0.25, -0.2) is 4.68 Å². The molecule has 0 aliphatic carbocycles. The lowest BCUT2D eigenvalue weighted by atomic mass is 9.96. The highest BCUT2D eigenvalue weighted by Gasteiger charge is 2.26. The Bertz CT molecular complexity index is 921. The van der Waals surface area contributed by atoms with Crippen LogP contribution in [0.15, 0.2) is 65.3 Å². The van der Waals surface area contributed by atoms with E-state index < -0.39 is 0 Å². The van der Waals surface area contributed by atoms with Crippen LogP contribution in [-0.4, -0.2) is 22.3 Å². The molecule has 0 unspecified atom stereocenters. The number of aromatic nitrogens is 2. The van der Waals surface area contributed by atoms with Crippen LogP contribution in [0.1, 0.15) is 11.1 Å². The molecule has 2 heterocycles. The largest absolute Gasteiger partial charge is 0.492 e. The second kappa shape index (κ2) is 7.33. The first-order valence-corrected chi connectivity index (χ1v) is 9.26. The zero-order valence-electron chi connectivity index (χ0n) is 14.1. The second-order valence-corrected chi connectivity index (χ2v) is 7.23. The van der Waals surface area contributed by atoms with E-state index in [2.05, 4.69) is 26.3 Å². The standard InChI is InChI=1S/C20H18BrN3O2/c21-17-7-5-14(6-8-17)12-24-19(9-10-22-24)23-20(25)16-11-15-3-1-2-4-18(15)26-13-16/h1-10,16H,11-13H2,(H,23,25)/t16-/m0/s1. The van der Waals surface area contributed by atoms with Gasteiger partial charge in [0.05, 0.1) is 18.7 Å². The van der Waals surface area contributed by atoms with E-state index in [1.54, 1.807) is 10.9 Å². The maximum absolute atomic E-state index is 12.7. The quantitative estimate of drug-likeness (QED) is 0.708. The summed E-state index contributed by atoms with van der Waals surface area (Å²) in [5, 5.41) is 7.32. The average molecular weight is 412 g/mol. The number of benzene rings is 2. The monoisotopic (exact) mass is 411 g/mol. The Morgan fingerprint density at radius 2 is 2.00 bits per heavy atom. The molecule has 0 fully saturated rings. The maximum Gasteiger partial charge on any atom is 0.232 e. The summed E-state index contributed by atoms with van der Waals surface area (Å²) in [7, 11) is 0. The Hall–Kier alpha value is -2.60. The molecule has 1 aliphatic heterocycles. The van der Waals surface area contributed by atoms with Crippen molar-refractivity contribution >= 4 is 27.7 Å². The lowest BCUT2D eigenvalue weighted by Crippen LogP contribution is -2.33. The van der Waals surface area contributed by atoms with E-state index in [0.29, 0.717) is 25.4 Å². The number of carbonyl (C=O) groups excluding carboxylic acids is 1. The summed E-state index contributed by atoms with van der Waals surface area (Å²) in [6, 6.07) is 17.7. The number of para-hydroxylation sites is 1. The van der Waals surface area contributed by atoms with Gasteiger partial charge >= 0.3 is 0 Å². The van der Waals surface area contributed by atoms with Gasteiger partial charge in [-0.2, -0.15) is 5.10 Å². The van der Waals surface area contributed by atoms with Crippen molar-refractivity contribution in [2.24, 2.45) is 5.92 Å². The number of hydrogen-bond donors (Lipinski definition) is 1. The lowest BCUT2D eigenvalue weighted by Gasteiger charge is -2.24. The van der Waals surface area contributed by atoms with Crippen molar-refractivity contribution in [2.45, 2.75) is 13.0 Å². The molecule has 1 atom stereocenters. The van der Waals surface area contributed by atoms with Crippen molar-refractivity contribution in [2.75, 3.05) is 11.9 Å². The van der Waals surface area contributed by atoms with Crippen LogP contribution in [0, 0.1) is 5.92 Å². The van der Waals surface area contributed by atoms with Crippen LogP contribution in [-0.2, 0) is 17.8 Å². The van der Waals surface area contributed by atoms with Crippen LogP contribution in [0.25, 0.3) is 0 Å². The number of hydrogen-bond acceptors (Lipinski definition) is 3. The lowest BCUT2D eigenvalue weighted by molar-refractivity contribution is -0.121. The molecule has 6 heteroatoms. The molecule has 1 N–H and O–H groups in total. The maximum atomic E-state index is 12.7. The van der Waals surface area contributed by atoms with Gasteiger partial charge in [-0.1, -0.05) is 46.3 Å². The molecule has 4 rings (SSSR count). The molecule has 5 nitrogen and oxygen atoms in total. The molecule has 0 saturated carbocycles. The minimum Gasteiger partial charge on any atom is -0.492 e. The molecule has 0 spiro atoms. The van der Waals surface area contributed by atoms with Crippen LogP contribution in [0.2, 0.25) is 0 Å². The van der Waals surface area contributed by atoms with E-state index >= 15 is 0 Å². The van der Waals surface area contributed by atoms with Crippen molar-refractivity contribution in [1.82, 2.24) is 9.78 Å². The molecule has 1 amide bonds. The van der Waals surface area contributed by atoms with Gasteiger partial charge in [-0.3, -0.25) is 4.79 Å². The third kappa shape index (κ3) is 3.65. The van der Waals surface area contributed by atoms with E-state index in [0.717, 1.165) is 21.3 Å². The first-order chi connectivity index (χ1) is 12.7.